The van der Waals surface area contributed by atoms with E-state index in [0.717, 1.165) is 22.4 Å². The molecule has 0 spiro atoms. The number of hydrogen-bond donors (Lipinski definition) is 1. The maximum atomic E-state index is 11.0. The van der Waals surface area contributed by atoms with Gasteiger partial charge in [-0.05, 0) is 44.7 Å². The smallest absolute Gasteiger partial charge is 0.132 e. The van der Waals surface area contributed by atoms with Crippen LogP contribution in [0.5, 0.6) is 11.5 Å². The van der Waals surface area contributed by atoms with Gasteiger partial charge in [0.15, 0.2) is 0 Å². The first-order valence-corrected chi connectivity index (χ1v) is 9.10. The van der Waals surface area contributed by atoms with Gasteiger partial charge in [-0.15, -0.1) is 0 Å². The van der Waals surface area contributed by atoms with Crippen molar-refractivity contribution >= 4 is 0 Å². The number of ether oxygens (including phenoxy) is 1. The van der Waals surface area contributed by atoms with E-state index in [-0.39, 0.29) is 16.9 Å². The molecule has 2 heteroatoms. The van der Waals surface area contributed by atoms with Crippen LogP contribution in [0.25, 0.3) is 0 Å². The van der Waals surface area contributed by atoms with E-state index in [4.69, 9.17) is 4.74 Å². The number of aromatic hydroxyl groups is 1. The summed E-state index contributed by atoms with van der Waals surface area (Å²) in [4.78, 5) is 0. The van der Waals surface area contributed by atoms with Gasteiger partial charge in [0.2, 0.25) is 0 Å². The molecule has 1 N–H and O–H groups in total. The highest BCUT2D eigenvalue weighted by molar-refractivity contribution is 5.58. The van der Waals surface area contributed by atoms with E-state index in [1.165, 1.54) is 16.7 Å². The molecule has 2 aromatic rings. The topological polar surface area (TPSA) is 29.5 Å². The van der Waals surface area contributed by atoms with E-state index < -0.39 is 0 Å². The predicted molar refractivity (Wildman–Crippen MR) is 104 cm³/mol. The Kier molecular flexibility index (Phi) is 3.94. The zero-order chi connectivity index (χ0) is 18.7. The maximum absolute atomic E-state index is 11.0. The predicted octanol–water partition coefficient (Wildman–Crippen LogP) is 6.09. The molecule has 0 saturated heterocycles. The Morgan fingerprint density at radius 2 is 1.52 bits per heavy atom. The van der Waals surface area contributed by atoms with Crippen molar-refractivity contribution in [2.24, 2.45) is 0 Å². The van der Waals surface area contributed by atoms with Gasteiger partial charge in [-0.25, -0.2) is 0 Å². The van der Waals surface area contributed by atoms with E-state index in [9.17, 15) is 5.11 Å². The molecule has 25 heavy (non-hydrogen) atoms. The Hall–Kier alpha value is -1.96. The second-order valence-electron chi connectivity index (χ2n) is 9.07. The quantitative estimate of drug-likeness (QED) is 0.718. The third-order valence-electron chi connectivity index (χ3n) is 5.29. The highest BCUT2D eigenvalue weighted by Crippen LogP contribution is 2.50. The summed E-state index contributed by atoms with van der Waals surface area (Å²) in [6, 6.07) is 8.61. The molecule has 0 aliphatic carbocycles. The summed E-state index contributed by atoms with van der Waals surface area (Å²) in [6.07, 6.45) is 0. The Morgan fingerprint density at radius 3 is 2.08 bits per heavy atom. The number of fused-ring (bicyclic) bond motifs is 1. The number of phenols is 1. The van der Waals surface area contributed by atoms with Crippen LogP contribution in [0.3, 0.4) is 0 Å². The second kappa shape index (κ2) is 5.52. The Morgan fingerprint density at radius 1 is 0.960 bits per heavy atom. The van der Waals surface area contributed by atoms with Gasteiger partial charge in [0, 0.05) is 22.6 Å². The lowest BCUT2D eigenvalue weighted by Gasteiger charge is -2.41. The zero-order valence-corrected chi connectivity index (χ0v) is 16.7. The van der Waals surface area contributed by atoms with Crippen LogP contribution >= 0.6 is 0 Å². The van der Waals surface area contributed by atoms with Crippen molar-refractivity contribution in [3.8, 4) is 11.5 Å². The lowest BCUT2D eigenvalue weighted by atomic mass is 9.79. The van der Waals surface area contributed by atoms with Crippen LogP contribution in [-0.2, 0) is 11.0 Å². The molecule has 2 aromatic carbocycles. The monoisotopic (exact) mass is 338 g/mol. The first-order valence-electron chi connectivity index (χ1n) is 9.10. The van der Waals surface area contributed by atoms with Crippen molar-refractivity contribution in [1.29, 1.82) is 0 Å². The van der Waals surface area contributed by atoms with Crippen molar-refractivity contribution < 1.29 is 9.84 Å². The minimum absolute atomic E-state index is 0.0748. The molecule has 0 fully saturated rings. The standard InChI is InChI=1S/C23H30O2/c1-13-9-16(20(24)18(11-13)22(4,5)6)15(3)17-10-14(2)12-19-21(17)25-23(19,7)8/h9-12,15,24H,1-8H3. The van der Waals surface area contributed by atoms with Gasteiger partial charge in [0.25, 0.3) is 0 Å². The molecule has 134 valence electrons. The van der Waals surface area contributed by atoms with Crippen LogP contribution in [0.4, 0.5) is 0 Å². The summed E-state index contributed by atoms with van der Waals surface area (Å²) in [5.74, 6) is 1.48. The molecule has 1 atom stereocenters. The Bertz CT molecular complexity index is 838. The normalized spacial score (nSPS) is 16.6. The Labute approximate surface area is 151 Å². The summed E-state index contributed by atoms with van der Waals surface area (Å²) in [5.41, 5.74) is 6.50. The molecule has 1 unspecified atom stereocenters. The molecule has 0 aromatic heterocycles. The van der Waals surface area contributed by atoms with E-state index in [0.29, 0.717) is 5.75 Å². The average Bonchev–Trinajstić information content (AvgIpc) is 2.48. The largest absolute Gasteiger partial charge is 0.507 e. The van der Waals surface area contributed by atoms with Gasteiger partial charge < -0.3 is 9.84 Å². The summed E-state index contributed by atoms with van der Waals surface area (Å²) in [7, 11) is 0. The third kappa shape index (κ3) is 2.92. The molecule has 2 nitrogen and oxygen atoms in total. The van der Waals surface area contributed by atoms with Crippen molar-refractivity contribution in [3.63, 3.8) is 0 Å². The van der Waals surface area contributed by atoms with Crippen molar-refractivity contribution in [2.45, 2.75) is 72.3 Å². The minimum Gasteiger partial charge on any atom is -0.507 e. The molecule has 1 aliphatic rings. The fourth-order valence-corrected chi connectivity index (χ4v) is 3.82. The van der Waals surface area contributed by atoms with Gasteiger partial charge in [-0.2, -0.15) is 0 Å². The number of phenolic OH excluding ortho intramolecular Hbond substituents is 1. The summed E-state index contributed by atoms with van der Waals surface area (Å²) >= 11 is 0. The van der Waals surface area contributed by atoms with E-state index in [2.05, 4.69) is 79.7 Å². The summed E-state index contributed by atoms with van der Waals surface area (Å²) in [5, 5.41) is 11.0. The molecule has 3 rings (SSSR count). The molecular formula is C23H30O2. The highest BCUT2D eigenvalue weighted by atomic mass is 16.5. The lowest BCUT2D eigenvalue weighted by molar-refractivity contribution is 0.0496. The van der Waals surface area contributed by atoms with E-state index >= 15 is 0 Å². The van der Waals surface area contributed by atoms with Crippen LogP contribution in [0.15, 0.2) is 24.3 Å². The van der Waals surface area contributed by atoms with Gasteiger partial charge in [-0.1, -0.05) is 57.0 Å². The van der Waals surface area contributed by atoms with Crippen LogP contribution in [-0.4, -0.2) is 5.11 Å². The van der Waals surface area contributed by atoms with Gasteiger partial charge >= 0.3 is 0 Å². The zero-order valence-electron chi connectivity index (χ0n) is 16.7. The molecule has 0 bridgehead atoms. The number of benzene rings is 2. The summed E-state index contributed by atoms with van der Waals surface area (Å²) in [6.45, 7) is 17.0. The molecular weight excluding hydrogens is 308 g/mol. The number of aryl methyl sites for hydroxylation is 2. The Balaban J connectivity index is 2.15. The van der Waals surface area contributed by atoms with Gasteiger partial charge in [0.05, 0.1) is 0 Å². The highest BCUT2D eigenvalue weighted by Gasteiger charge is 2.39. The molecule has 1 heterocycles. The first kappa shape index (κ1) is 17.8. The van der Waals surface area contributed by atoms with Crippen molar-refractivity contribution in [3.05, 3.63) is 57.6 Å². The number of rotatable bonds is 2. The van der Waals surface area contributed by atoms with Crippen LogP contribution in [0.2, 0.25) is 0 Å². The van der Waals surface area contributed by atoms with Crippen molar-refractivity contribution in [1.82, 2.24) is 0 Å². The molecule has 0 amide bonds. The molecule has 0 radical (unpaired) electrons. The summed E-state index contributed by atoms with van der Waals surface area (Å²) < 4.78 is 6.09. The van der Waals surface area contributed by atoms with E-state index in [1.54, 1.807) is 0 Å². The minimum atomic E-state index is -0.221. The SMILES string of the molecule is Cc1cc(C(C)c2cc(C)cc3c2OC3(C)C)c(O)c(C(C)(C)C)c1. The number of hydrogen-bond acceptors (Lipinski definition) is 2. The van der Waals surface area contributed by atoms with E-state index in [1.807, 2.05) is 0 Å². The third-order valence-corrected chi connectivity index (χ3v) is 5.29. The fourth-order valence-electron chi connectivity index (χ4n) is 3.82. The van der Waals surface area contributed by atoms with Gasteiger partial charge in [-0.3, -0.25) is 0 Å². The van der Waals surface area contributed by atoms with Crippen LogP contribution in [0, 0.1) is 13.8 Å². The molecule has 0 saturated carbocycles. The van der Waals surface area contributed by atoms with Crippen LogP contribution < -0.4 is 4.74 Å². The van der Waals surface area contributed by atoms with Crippen molar-refractivity contribution in [2.75, 3.05) is 0 Å². The average molecular weight is 338 g/mol. The first-order chi connectivity index (χ1) is 11.4. The molecule has 1 aliphatic heterocycles. The fraction of sp³-hybridized carbons (Fsp3) is 0.478. The van der Waals surface area contributed by atoms with Crippen LogP contribution in [0.1, 0.15) is 80.8 Å². The second-order valence-corrected chi connectivity index (χ2v) is 9.07. The lowest BCUT2D eigenvalue weighted by Crippen LogP contribution is -2.36. The van der Waals surface area contributed by atoms with Gasteiger partial charge in [0.1, 0.15) is 17.1 Å². The maximum Gasteiger partial charge on any atom is 0.132 e.